The summed E-state index contributed by atoms with van der Waals surface area (Å²) in [5, 5.41) is 4.18. The molecule has 0 aliphatic carbocycles. The number of hydrogen-bond donors (Lipinski definition) is 1. The first-order valence-electron chi connectivity index (χ1n) is 3.75. The molecular weight excluding hydrogens is 152 g/mol. The van der Waals surface area contributed by atoms with Crippen LogP contribution in [0.15, 0.2) is 12.4 Å². The Hall–Kier alpha value is -1.58. The summed E-state index contributed by atoms with van der Waals surface area (Å²) < 4.78 is 1.69. The van der Waals surface area contributed by atoms with Crippen LogP contribution in [0, 0.1) is 13.8 Å². The van der Waals surface area contributed by atoms with Crippen molar-refractivity contribution in [2.24, 2.45) is 0 Å². The van der Waals surface area contributed by atoms with Crippen molar-refractivity contribution in [1.82, 2.24) is 14.6 Å². The number of aromatic nitrogens is 3. The topological polar surface area (TPSA) is 56.2 Å². The van der Waals surface area contributed by atoms with Crippen LogP contribution in [-0.4, -0.2) is 14.6 Å². The quantitative estimate of drug-likeness (QED) is 0.627. The summed E-state index contributed by atoms with van der Waals surface area (Å²) >= 11 is 0. The molecule has 0 aliphatic rings. The van der Waals surface area contributed by atoms with Crippen LogP contribution in [0.25, 0.3) is 5.52 Å². The summed E-state index contributed by atoms with van der Waals surface area (Å²) in [4.78, 5) is 4.11. The lowest BCUT2D eigenvalue weighted by Gasteiger charge is -1.93. The molecule has 2 aromatic rings. The van der Waals surface area contributed by atoms with Gasteiger partial charge in [-0.25, -0.2) is 9.50 Å². The molecule has 2 N–H and O–H groups in total. The van der Waals surface area contributed by atoms with Gasteiger partial charge in [-0.15, -0.1) is 0 Å². The van der Waals surface area contributed by atoms with Crippen LogP contribution in [-0.2, 0) is 0 Å². The van der Waals surface area contributed by atoms with Gasteiger partial charge in [0.25, 0.3) is 0 Å². The molecule has 0 radical (unpaired) electrons. The first kappa shape index (κ1) is 7.09. The van der Waals surface area contributed by atoms with Crippen molar-refractivity contribution < 1.29 is 0 Å². The molecule has 4 heteroatoms. The van der Waals surface area contributed by atoms with Crippen LogP contribution < -0.4 is 5.73 Å². The molecule has 0 fully saturated rings. The molecule has 0 saturated carbocycles. The van der Waals surface area contributed by atoms with Crippen LogP contribution in [0.2, 0.25) is 0 Å². The van der Waals surface area contributed by atoms with E-state index < -0.39 is 0 Å². The lowest BCUT2D eigenvalue weighted by Crippen LogP contribution is -1.91. The molecule has 12 heavy (non-hydrogen) atoms. The average Bonchev–Trinajstić information content (AvgIpc) is 2.31. The van der Waals surface area contributed by atoms with Crippen molar-refractivity contribution in [3.05, 3.63) is 23.8 Å². The van der Waals surface area contributed by atoms with E-state index in [1.165, 1.54) is 0 Å². The van der Waals surface area contributed by atoms with Gasteiger partial charge >= 0.3 is 0 Å². The van der Waals surface area contributed by atoms with Gasteiger partial charge in [-0.1, -0.05) is 0 Å². The molecule has 0 aliphatic heterocycles. The lowest BCUT2D eigenvalue weighted by molar-refractivity contribution is 0.891. The predicted octanol–water partition coefficient (Wildman–Crippen LogP) is 0.928. The average molecular weight is 162 g/mol. The Morgan fingerprint density at radius 2 is 2.17 bits per heavy atom. The lowest BCUT2D eigenvalue weighted by atomic mass is 10.3. The van der Waals surface area contributed by atoms with Gasteiger partial charge in [0.2, 0.25) is 0 Å². The normalized spacial score (nSPS) is 10.8. The first-order chi connectivity index (χ1) is 5.68. The third kappa shape index (κ3) is 0.845. The van der Waals surface area contributed by atoms with Crippen molar-refractivity contribution in [3.8, 4) is 0 Å². The highest BCUT2D eigenvalue weighted by Crippen LogP contribution is 2.16. The fraction of sp³-hybridized carbons (Fsp3) is 0.250. The smallest absolute Gasteiger partial charge is 0.117 e. The van der Waals surface area contributed by atoms with Gasteiger partial charge in [0, 0.05) is 5.69 Å². The van der Waals surface area contributed by atoms with Gasteiger partial charge in [0.05, 0.1) is 16.9 Å². The number of anilines is 1. The Bertz CT molecular complexity index is 430. The Kier molecular flexibility index (Phi) is 1.30. The van der Waals surface area contributed by atoms with Crippen molar-refractivity contribution in [2.45, 2.75) is 13.8 Å². The largest absolute Gasteiger partial charge is 0.395 e. The summed E-state index contributed by atoms with van der Waals surface area (Å²) in [5.41, 5.74) is 9.27. The first-order valence-corrected chi connectivity index (χ1v) is 3.75. The van der Waals surface area contributed by atoms with Crippen LogP contribution >= 0.6 is 0 Å². The highest BCUT2D eigenvalue weighted by atomic mass is 15.2. The number of nitrogens with two attached hydrogens (primary N) is 1. The van der Waals surface area contributed by atoms with Crippen LogP contribution in [0.5, 0.6) is 0 Å². The molecule has 0 unspecified atom stereocenters. The number of nitrogen functional groups attached to an aromatic ring is 1. The van der Waals surface area contributed by atoms with E-state index in [0.29, 0.717) is 0 Å². The van der Waals surface area contributed by atoms with Gasteiger partial charge in [-0.2, -0.15) is 5.10 Å². The summed E-state index contributed by atoms with van der Waals surface area (Å²) in [7, 11) is 0. The van der Waals surface area contributed by atoms with E-state index in [2.05, 4.69) is 10.1 Å². The SMILES string of the molecule is Cc1cc2c(N)c(C)nn2cn1. The van der Waals surface area contributed by atoms with Gasteiger partial charge in [-0.05, 0) is 19.9 Å². The molecular formula is C8H10N4. The summed E-state index contributed by atoms with van der Waals surface area (Å²) in [6.45, 7) is 3.82. The molecule has 2 rings (SSSR count). The summed E-state index contributed by atoms with van der Waals surface area (Å²) in [6, 6.07) is 1.93. The van der Waals surface area contributed by atoms with Gasteiger partial charge < -0.3 is 5.73 Å². The van der Waals surface area contributed by atoms with E-state index in [4.69, 9.17) is 5.73 Å². The minimum atomic E-state index is 0.737. The molecule has 0 aromatic carbocycles. The van der Waals surface area contributed by atoms with Crippen LogP contribution in [0.4, 0.5) is 5.69 Å². The molecule has 0 bridgehead atoms. The fourth-order valence-electron chi connectivity index (χ4n) is 1.19. The van der Waals surface area contributed by atoms with Gasteiger partial charge in [0.1, 0.15) is 6.33 Å². The zero-order chi connectivity index (χ0) is 8.72. The standard InChI is InChI=1S/C8H10N4/c1-5-3-7-8(9)6(2)11-12(7)4-10-5/h3-4H,9H2,1-2H3. The maximum atomic E-state index is 5.80. The number of nitrogens with zero attached hydrogens (tertiary/aromatic N) is 3. The molecule has 2 heterocycles. The molecule has 0 amide bonds. The molecule has 0 atom stereocenters. The molecule has 4 nitrogen and oxygen atoms in total. The second kappa shape index (κ2) is 2.20. The van der Waals surface area contributed by atoms with Crippen LogP contribution in [0.1, 0.15) is 11.4 Å². The molecule has 2 aromatic heterocycles. The number of aryl methyl sites for hydroxylation is 2. The highest BCUT2D eigenvalue weighted by molar-refractivity contribution is 5.71. The Labute approximate surface area is 70.0 Å². The van der Waals surface area contributed by atoms with E-state index in [-0.39, 0.29) is 0 Å². The molecule has 62 valence electrons. The number of rotatable bonds is 0. The molecule has 0 saturated heterocycles. The van der Waals surface area contributed by atoms with Crippen molar-refractivity contribution >= 4 is 11.2 Å². The van der Waals surface area contributed by atoms with Crippen molar-refractivity contribution in [1.29, 1.82) is 0 Å². The molecule has 0 spiro atoms. The number of hydrogen-bond acceptors (Lipinski definition) is 3. The third-order valence-corrected chi connectivity index (χ3v) is 1.89. The second-order valence-corrected chi connectivity index (χ2v) is 2.86. The third-order valence-electron chi connectivity index (χ3n) is 1.89. The Morgan fingerprint density at radius 1 is 1.42 bits per heavy atom. The van der Waals surface area contributed by atoms with Gasteiger partial charge in [0.15, 0.2) is 0 Å². The van der Waals surface area contributed by atoms with E-state index in [9.17, 15) is 0 Å². The predicted molar refractivity (Wildman–Crippen MR) is 46.9 cm³/mol. The highest BCUT2D eigenvalue weighted by Gasteiger charge is 2.04. The summed E-state index contributed by atoms with van der Waals surface area (Å²) in [6.07, 6.45) is 1.67. The Morgan fingerprint density at radius 3 is 2.92 bits per heavy atom. The maximum Gasteiger partial charge on any atom is 0.117 e. The minimum Gasteiger partial charge on any atom is -0.395 e. The fourth-order valence-corrected chi connectivity index (χ4v) is 1.19. The minimum absolute atomic E-state index is 0.737. The van der Waals surface area contributed by atoms with Crippen LogP contribution in [0.3, 0.4) is 0 Å². The number of fused-ring (bicyclic) bond motifs is 1. The monoisotopic (exact) mass is 162 g/mol. The Balaban J connectivity index is 2.88. The van der Waals surface area contributed by atoms with E-state index in [1.54, 1.807) is 10.8 Å². The zero-order valence-electron chi connectivity index (χ0n) is 7.07. The van der Waals surface area contributed by atoms with Crippen molar-refractivity contribution in [3.63, 3.8) is 0 Å². The maximum absolute atomic E-state index is 5.80. The van der Waals surface area contributed by atoms with E-state index >= 15 is 0 Å². The zero-order valence-corrected chi connectivity index (χ0v) is 7.07. The van der Waals surface area contributed by atoms with Gasteiger partial charge in [-0.3, -0.25) is 0 Å². The van der Waals surface area contributed by atoms with E-state index in [0.717, 1.165) is 22.6 Å². The second-order valence-electron chi connectivity index (χ2n) is 2.86. The van der Waals surface area contributed by atoms with E-state index in [1.807, 2.05) is 19.9 Å². The van der Waals surface area contributed by atoms with Crippen molar-refractivity contribution in [2.75, 3.05) is 5.73 Å². The summed E-state index contributed by atoms with van der Waals surface area (Å²) in [5.74, 6) is 0.